The first-order valence-corrected chi connectivity index (χ1v) is 7.23. The first-order chi connectivity index (χ1) is 9.78. The van der Waals surface area contributed by atoms with Gasteiger partial charge in [0.25, 0.3) is 0 Å². The zero-order valence-electron chi connectivity index (χ0n) is 11.9. The van der Waals surface area contributed by atoms with Crippen molar-refractivity contribution < 1.29 is 4.74 Å². The van der Waals surface area contributed by atoms with Gasteiger partial charge in [0, 0.05) is 37.3 Å². The summed E-state index contributed by atoms with van der Waals surface area (Å²) in [5.74, 6) is 0. The second kappa shape index (κ2) is 5.77. The van der Waals surface area contributed by atoms with Gasteiger partial charge in [-0.15, -0.1) is 0 Å². The first-order valence-electron chi connectivity index (χ1n) is 7.23. The van der Waals surface area contributed by atoms with Crippen molar-refractivity contribution in [2.24, 2.45) is 5.73 Å². The molecule has 4 heteroatoms. The molecule has 20 heavy (non-hydrogen) atoms. The maximum absolute atomic E-state index is 5.79. The average molecular weight is 271 g/mol. The smallest absolute Gasteiger partial charge is 0.0726 e. The molecule has 1 fully saturated rings. The zero-order chi connectivity index (χ0) is 13.9. The van der Waals surface area contributed by atoms with Crippen LogP contribution in [0.25, 0.3) is 10.9 Å². The van der Waals surface area contributed by atoms with Gasteiger partial charge in [0.05, 0.1) is 17.3 Å². The number of rotatable bonds is 2. The Hall–Kier alpha value is -1.65. The molecule has 4 nitrogen and oxygen atoms in total. The predicted octanol–water partition coefficient (Wildman–Crippen LogP) is 2.31. The molecule has 1 aromatic heterocycles. The average Bonchev–Trinajstić information content (AvgIpc) is 2.70. The number of fused-ring (bicyclic) bond motifs is 1. The molecule has 2 aromatic rings. The second-order valence-electron chi connectivity index (χ2n) is 5.33. The van der Waals surface area contributed by atoms with Crippen LogP contribution in [0.3, 0.4) is 0 Å². The van der Waals surface area contributed by atoms with E-state index in [9.17, 15) is 0 Å². The standard InChI is InChI=1S/C16H21N3O/c1-12-11-19(7-4-8-20-12)16-9-13(10-17)18-15-6-3-2-5-14(15)16/h2-3,5-6,9,12H,4,7-8,10-11,17H2,1H3. The molecule has 0 aliphatic carbocycles. The third kappa shape index (κ3) is 2.62. The number of ether oxygens (including phenoxy) is 1. The lowest BCUT2D eigenvalue weighted by Gasteiger charge is -2.26. The van der Waals surface area contributed by atoms with E-state index < -0.39 is 0 Å². The molecule has 1 atom stereocenters. The van der Waals surface area contributed by atoms with Crippen molar-refractivity contribution in [2.75, 3.05) is 24.6 Å². The molecule has 1 saturated heterocycles. The second-order valence-corrected chi connectivity index (χ2v) is 5.33. The third-order valence-electron chi connectivity index (χ3n) is 3.75. The van der Waals surface area contributed by atoms with Gasteiger partial charge < -0.3 is 15.4 Å². The topological polar surface area (TPSA) is 51.4 Å². The normalized spacial score (nSPS) is 20.1. The number of benzene rings is 1. The largest absolute Gasteiger partial charge is 0.377 e. The highest BCUT2D eigenvalue weighted by Gasteiger charge is 2.18. The summed E-state index contributed by atoms with van der Waals surface area (Å²) in [6.07, 6.45) is 1.31. The van der Waals surface area contributed by atoms with Crippen molar-refractivity contribution in [1.82, 2.24) is 4.98 Å². The van der Waals surface area contributed by atoms with Crippen LogP contribution < -0.4 is 10.6 Å². The number of pyridine rings is 1. The molecule has 0 saturated carbocycles. The summed E-state index contributed by atoms with van der Waals surface area (Å²) in [4.78, 5) is 7.01. The Balaban J connectivity index is 2.08. The lowest BCUT2D eigenvalue weighted by atomic mass is 10.1. The number of nitrogens with two attached hydrogens (primary N) is 1. The number of para-hydroxylation sites is 1. The minimum absolute atomic E-state index is 0.255. The maximum atomic E-state index is 5.79. The fourth-order valence-corrected chi connectivity index (χ4v) is 2.79. The van der Waals surface area contributed by atoms with Gasteiger partial charge in [0.15, 0.2) is 0 Å². The molecule has 106 valence electrons. The van der Waals surface area contributed by atoms with Crippen molar-refractivity contribution in [2.45, 2.75) is 26.0 Å². The van der Waals surface area contributed by atoms with Crippen molar-refractivity contribution in [1.29, 1.82) is 0 Å². The number of aromatic nitrogens is 1. The maximum Gasteiger partial charge on any atom is 0.0726 e. The van der Waals surface area contributed by atoms with Crippen LogP contribution in [0, 0.1) is 0 Å². The van der Waals surface area contributed by atoms with E-state index in [4.69, 9.17) is 10.5 Å². The van der Waals surface area contributed by atoms with E-state index in [1.807, 2.05) is 6.07 Å². The third-order valence-corrected chi connectivity index (χ3v) is 3.75. The van der Waals surface area contributed by atoms with Gasteiger partial charge in [-0.3, -0.25) is 4.98 Å². The lowest BCUT2D eigenvalue weighted by molar-refractivity contribution is 0.0821. The minimum atomic E-state index is 0.255. The predicted molar refractivity (Wildman–Crippen MR) is 81.9 cm³/mol. The highest BCUT2D eigenvalue weighted by Crippen LogP contribution is 2.28. The molecule has 1 aliphatic heterocycles. The Morgan fingerprint density at radius 2 is 2.25 bits per heavy atom. The molecule has 2 heterocycles. The highest BCUT2D eigenvalue weighted by molar-refractivity contribution is 5.92. The Bertz CT molecular complexity index is 599. The number of hydrogen-bond donors (Lipinski definition) is 1. The van der Waals surface area contributed by atoms with Crippen molar-refractivity contribution in [3.8, 4) is 0 Å². The van der Waals surface area contributed by atoms with Gasteiger partial charge in [-0.05, 0) is 25.5 Å². The Labute approximate surface area is 119 Å². The van der Waals surface area contributed by atoms with Gasteiger partial charge in [-0.2, -0.15) is 0 Å². The van der Waals surface area contributed by atoms with Crippen LogP contribution >= 0.6 is 0 Å². The van der Waals surface area contributed by atoms with Gasteiger partial charge in [-0.1, -0.05) is 18.2 Å². The van der Waals surface area contributed by atoms with E-state index in [-0.39, 0.29) is 6.10 Å². The number of anilines is 1. The molecule has 0 radical (unpaired) electrons. The van der Waals surface area contributed by atoms with Gasteiger partial charge in [-0.25, -0.2) is 0 Å². The molecular weight excluding hydrogens is 250 g/mol. The van der Waals surface area contributed by atoms with E-state index in [0.717, 1.165) is 37.3 Å². The highest BCUT2D eigenvalue weighted by atomic mass is 16.5. The summed E-state index contributed by atoms with van der Waals surface area (Å²) in [5, 5.41) is 1.19. The minimum Gasteiger partial charge on any atom is -0.377 e. The van der Waals surface area contributed by atoms with E-state index >= 15 is 0 Å². The number of hydrogen-bond acceptors (Lipinski definition) is 4. The van der Waals surface area contributed by atoms with Crippen LogP contribution in [0.15, 0.2) is 30.3 Å². The first kappa shape index (κ1) is 13.3. The molecule has 1 aromatic carbocycles. The summed E-state index contributed by atoms with van der Waals surface area (Å²) < 4.78 is 5.74. The van der Waals surface area contributed by atoms with Crippen LogP contribution in [-0.4, -0.2) is 30.8 Å². The van der Waals surface area contributed by atoms with E-state index in [2.05, 4.69) is 41.1 Å². The summed E-state index contributed by atoms with van der Waals surface area (Å²) in [6.45, 7) is 5.37. The summed E-state index contributed by atoms with van der Waals surface area (Å²) in [6, 6.07) is 10.4. The molecule has 0 amide bonds. The van der Waals surface area contributed by atoms with Gasteiger partial charge in [0.2, 0.25) is 0 Å². The van der Waals surface area contributed by atoms with Gasteiger partial charge in [0.1, 0.15) is 0 Å². The van der Waals surface area contributed by atoms with E-state index in [0.29, 0.717) is 6.54 Å². The van der Waals surface area contributed by atoms with Gasteiger partial charge >= 0.3 is 0 Å². The summed E-state index contributed by atoms with van der Waals surface area (Å²) in [7, 11) is 0. The van der Waals surface area contributed by atoms with Crippen molar-refractivity contribution in [3.05, 3.63) is 36.0 Å². The van der Waals surface area contributed by atoms with Crippen LogP contribution in [0.2, 0.25) is 0 Å². The fraction of sp³-hybridized carbons (Fsp3) is 0.438. The molecule has 0 bridgehead atoms. The molecule has 1 unspecified atom stereocenters. The van der Waals surface area contributed by atoms with Crippen molar-refractivity contribution >= 4 is 16.6 Å². The summed E-state index contributed by atoms with van der Waals surface area (Å²) in [5.41, 5.74) is 8.98. The summed E-state index contributed by atoms with van der Waals surface area (Å²) >= 11 is 0. The molecular formula is C16H21N3O. The fourth-order valence-electron chi connectivity index (χ4n) is 2.79. The monoisotopic (exact) mass is 271 g/mol. The zero-order valence-corrected chi connectivity index (χ0v) is 11.9. The molecule has 1 aliphatic rings. The quantitative estimate of drug-likeness (QED) is 0.910. The Morgan fingerprint density at radius 3 is 3.10 bits per heavy atom. The van der Waals surface area contributed by atoms with Crippen molar-refractivity contribution in [3.63, 3.8) is 0 Å². The van der Waals surface area contributed by atoms with E-state index in [1.165, 1.54) is 11.1 Å². The molecule has 2 N–H and O–H groups in total. The van der Waals surface area contributed by atoms with Crippen LogP contribution in [0.4, 0.5) is 5.69 Å². The van der Waals surface area contributed by atoms with Crippen LogP contribution in [-0.2, 0) is 11.3 Å². The Morgan fingerprint density at radius 1 is 1.40 bits per heavy atom. The molecule has 0 spiro atoms. The number of nitrogens with zero attached hydrogens (tertiary/aromatic N) is 2. The SMILES string of the molecule is CC1CN(c2cc(CN)nc3ccccc23)CCCO1. The van der Waals surface area contributed by atoms with Crippen LogP contribution in [0.1, 0.15) is 19.0 Å². The van der Waals surface area contributed by atoms with Crippen LogP contribution in [0.5, 0.6) is 0 Å². The lowest BCUT2D eigenvalue weighted by Crippen LogP contribution is -2.30. The molecule has 3 rings (SSSR count). The van der Waals surface area contributed by atoms with E-state index in [1.54, 1.807) is 0 Å². The Kier molecular flexibility index (Phi) is 3.85.